The van der Waals surface area contributed by atoms with E-state index in [-0.39, 0.29) is 17.9 Å². The fourth-order valence-electron chi connectivity index (χ4n) is 5.04. The number of fused-ring (bicyclic) bond motifs is 1. The first kappa shape index (κ1) is 24.5. The minimum atomic E-state index is -0.585. The van der Waals surface area contributed by atoms with Gasteiger partial charge in [0.15, 0.2) is 0 Å². The number of aromatic nitrogens is 1. The number of amides is 2. The number of hydrogen-bond acceptors (Lipinski definition) is 7. The van der Waals surface area contributed by atoms with Crippen molar-refractivity contribution < 1.29 is 19.4 Å². The Morgan fingerprint density at radius 1 is 1.26 bits per heavy atom. The predicted octanol–water partition coefficient (Wildman–Crippen LogP) is 3.62. The molecule has 0 bridgehead atoms. The zero-order valence-corrected chi connectivity index (χ0v) is 21.9. The number of hydrogen-bond donors (Lipinski definition) is 3. The maximum Gasteiger partial charge on any atom is 0.262 e. The molecule has 2 aromatic rings. The van der Waals surface area contributed by atoms with Crippen LogP contribution in [0.5, 0.6) is 5.88 Å². The summed E-state index contributed by atoms with van der Waals surface area (Å²) in [7, 11) is 0. The first-order valence-corrected chi connectivity index (χ1v) is 14.0. The predicted molar refractivity (Wildman–Crippen MR) is 138 cm³/mol. The molecule has 2 fully saturated rings. The van der Waals surface area contributed by atoms with Crippen molar-refractivity contribution >= 4 is 44.8 Å². The number of carbonyl (C=O) groups excluding carboxylic acids is 2. The Bertz CT molecular complexity index is 1070. The molecule has 5 rings (SSSR count). The second-order valence-electron chi connectivity index (χ2n) is 9.69. The Kier molecular flexibility index (Phi) is 7.59. The smallest absolute Gasteiger partial charge is 0.262 e. The summed E-state index contributed by atoms with van der Waals surface area (Å²) in [5.41, 5.74) is 0.927. The summed E-state index contributed by atoms with van der Waals surface area (Å²) in [5, 5.41) is 15.8. The lowest BCUT2D eigenvalue weighted by Crippen LogP contribution is -2.56. The van der Waals surface area contributed by atoms with E-state index in [1.807, 2.05) is 18.2 Å². The van der Waals surface area contributed by atoms with E-state index < -0.39 is 12.1 Å². The Morgan fingerprint density at radius 2 is 2.09 bits per heavy atom. The van der Waals surface area contributed by atoms with E-state index in [1.165, 1.54) is 24.2 Å². The molecule has 0 radical (unpaired) electrons. The lowest BCUT2D eigenvalue weighted by molar-refractivity contribution is -0.126. The van der Waals surface area contributed by atoms with Crippen LogP contribution in [0.15, 0.2) is 28.9 Å². The second-order valence-corrected chi connectivity index (χ2v) is 11.8. The molecule has 10 heteroatoms. The third-order valence-corrected chi connectivity index (χ3v) is 8.71. The van der Waals surface area contributed by atoms with Crippen LogP contribution in [0.4, 0.5) is 5.69 Å². The maximum absolute atomic E-state index is 13.1. The highest BCUT2D eigenvalue weighted by atomic mass is 79.9. The molecule has 0 aromatic carbocycles. The number of aliphatic hydroxyl groups is 1. The van der Waals surface area contributed by atoms with Crippen molar-refractivity contribution in [1.29, 1.82) is 0 Å². The van der Waals surface area contributed by atoms with Gasteiger partial charge >= 0.3 is 0 Å². The van der Waals surface area contributed by atoms with Gasteiger partial charge < -0.3 is 25.4 Å². The van der Waals surface area contributed by atoms with Gasteiger partial charge in [0.05, 0.1) is 30.1 Å². The molecule has 3 heterocycles. The van der Waals surface area contributed by atoms with Crippen LogP contribution >= 0.6 is 27.3 Å². The summed E-state index contributed by atoms with van der Waals surface area (Å²) in [5.74, 6) is 0.658. The van der Waals surface area contributed by atoms with E-state index >= 15 is 0 Å². The van der Waals surface area contributed by atoms with Crippen molar-refractivity contribution in [3.63, 3.8) is 0 Å². The normalized spacial score (nSPS) is 22.6. The van der Waals surface area contributed by atoms with Gasteiger partial charge in [0.1, 0.15) is 18.3 Å². The van der Waals surface area contributed by atoms with Gasteiger partial charge in [0.25, 0.3) is 5.91 Å². The van der Waals surface area contributed by atoms with Crippen LogP contribution in [0.3, 0.4) is 0 Å². The van der Waals surface area contributed by atoms with Crippen molar-refractivity contribution in [2.45, 2.75) is 69.7 Å². The monoisotopic (exact) mass is 562 g/mol. The van der Waals surface area contributed by atoms with E-state index in [0.29, 0.717) is 42.7 Å². The van der Waals surface area contributed by atoms with Crippen molar-refractivity contribution in [3.8, 4) is 5.88 Å². The third-order valence-electron chi connectivity index (χ3n) is 7.20. The fraction of sp³-hybridized carbons (Fsp3) is 0.560. The third kappa shape index (κ3) is 5.81. The standard InChI is InChI=1S/C25H31BrN4O4S/c26-16-12-20-25(27-13-16)34-10-9-30(20)14-17-5-8-22(35-17)24(33)29-19(11-15-3-1-2-4-15)23(32)28-18-6-7-21(18)31/h5,8,12-13,15,18-19,21,31H,1-4,6-7,9-11,14H2,(H,28,32)(H,29,33)/t18?,19-,21?/m0/s1. The molecule has 8 nitrogen and oxygen atoms in total. The molecule has 3 N–H and O–H groups in total. The summed E-state index contributed by atoms with van der Waals surface area (Å²) in [6.45, 7) is 1.95. The Hall–Kier alpha value is -2.17. The fourth-order valence-corrected chi connectivity index (χ4v) is 6.28. The van der Waals surface area contributed by atoms with Crippen LogP contribution in [0, 0.1) is 5.92 Å². The zero-order valence-electron chi connectivity index (χ0n) is 19.5. The van der Waals surface area contributed by atoms with Gasteiger partial charge in [-0.3, -0.25) is 9.59 Å². The van der Waals surface area contributed by atoms with E-state index in [9.17, 15) is 14.7 Å². The number of halogens is 1. The Balaban J connectivity index is 1.24. The Labute approximate surface area is 217 Å². The average Bonchev–Trinajstić information content (AvgIpc) is 3.54. The largest absolute Gasteiger partial charge is 0.474 e. The molecule has 3 aliphatic rings. The van der Waals surface area contributed by atoms with Gasteiger partial charge in [0.2, 0.25) is 11.8 Å². The number of thiophene rings is 1. The first-order chi connectivity index (χ1) is 17.0. The molecular weight excluding hydrogens is 532 g/mol. The first-order valence-electron chi connectivity index (χ1n) is 12.4. The van der Waals surface area contributed by atoms with Crippen LogP contribution in [0.2, 0.25) is 0 Å². The van der Waals surface area contributed by atoms with Gasteiger partial charge in [-0.15, -0.1) is 11.3 Å². The molecule has 3 atom stereocenters. The minimum absolute atomic E-state index is 0.186. The Morgan fingerprint density at radius 3 is 2.83 bits per heavy atom. The number of pyridine rings is 1. The number of rotatable bonds is 8. The highest BCUT2D eigenvalue weighted by Crippen LogP contribution is 2.34. The van der Waals surface area contributed by atoms with Gasteiger partial charge in [0, 0.05) is 15.5 Å². The number of anilines is 1. The lowest BCUT2D eigenvalue weighted by atomic mass is 9.88. The second kappa shape index (κ2) is 10.8. The highest BCUT2D eigenvalue weighted by molar-refractivity contribution is 9.10. The number of nitrogens with one attached hydrogen (secondary N) is 2. The van der Waals surface area contributed by atoms with Crippen LogP contribution < -0.4 is 20.3 Å². The van der Waals surface area contributed by atoms with Gasteiger partial charge in [-0.2, -0.15) is 0 Å². The molecule has 2 saturated carbocycles. The quantitative estimate of drug-likeness (QED) is 0.454. The number of aliphatic hydroxyl groups excluding tert-OH is 1. The molecule has 1 aliphatic heterocycles. The average molecular weight is 564 g/mol. The molecule has 35 heavy (non-hydrogen) atoms. The molecule has 2 aromatic heterocycles. The topological polar surface area (TPSA) is 104 Å². The summed E-state index contributed by atoms with van der Waals surface area (Å²) in [6, 6.07) is 5.00. The van der Waals surface area contributed by atoms with E-state index in [4.69, 9.17) is 4.74 Å². The molecule has 188 valence electrons. The molecule has 2 unspecified atom stereocenters. The zero-order chi connectivity index (χ0) is 24.4. The molecule has 2 amide bonds. The minimum Gasteiger partial charge on any atom is -0.474 e. The summed E-state index contributed by atoms with van der Waals surface area (Å²) in [4.78, 5) is 34.3. The van der Waals surface area contributed by atoms with Crippen molar-refractivity contribution in [1.82, 2.24) is 15.6 Å². The van der Waals surface area contributed by atoms with Crippen LogP contribution in [0.25, 0.3) is 0 Å². The molecule has 2 aliphatic carbocycles. The van der Waals surface area contributed by atoms with Crippen LogP contribution in [0.1, 0.15) is 59.5 Å². The number of nitrogens with zero attached hydrogens (tertiary/aromatic N) is 2. The van der Waals surface area contributed by atoms with Crippen molar-refractivity contribution in [3.05, 3.63) is 38.6 Å². The van der Waals surface area contributed by atoms with Gasteiger partial charge in [-0.1, -0.05) is 25.7 Å². The number of carbonyl (C=O) groups is 2. The number of ether oxygens (including phenoxy) is 1. The van der Waals surface area contributed by atoms with E-state index in [1.54, 1.807) is 6.20 Å². The van der Waals surface area contributed by atoms with E-state index in [0.717, 1.165) is 40.8 Å². The SMILES string of the molecule is O=C(N[C@@H](CC1CCCC1)C(=O)NC1CCC1O)c1ccc(CN2CCOc3ncc(Br)cc32)s1. The molecular formula is C25H31BrN4O4S. The summed E-state index contributed by atoms with van der Waals surface area (Å²) < 4.78 is 6.56. The maximum atomic E-state index is 13.1. The van der Waals surface area contributed by atoms with Crippen molar-refractivity contribution in [2.24, 2.45) is 5.92 Å². The highest BCUT2D eigenvalue weighted by Gasteiger charge is 2.34. The van der Waals surface area contributed by atoms with Gasteiger partial charge in [-0.05, 0) is 59.3 Å². The lowest BCUT2D eigenvalue weighted by Gasteiger charge is -2.34. The molecule has 0 saturated heterocycles. The van der Waals surface area contributed by atoms with Crippen LogP contribution in [-0.4, -0.2) is 53.2 Å². The summed E-state index contributed by atoms with van der Waals surface area (Å²) >= 11 is 4.92. The van der Waals surface area contributed by atoms with Gasteiger partial charge in [-0.25, -0.2) is 4.98 Å². The van der Waals surface area contributed by atoms with Crippen LogP contribution in [-0.2, 0) is 11.3 Å². The molecule has 0 spiro atoms. The van der Waals surface area contributed by atoms with E-state index in [2.05, 4.69) is 36.4 Å². The summed E-state index contributed by atoms with van der Waals surface area (Å²) in [6.07, 6.45) is 7.93. The van der Waals surface area contributed by atoms with Crippen molar-refractivity contribution in [2.75, 3.05) is 18.1 Å².